The molecule has 1 N–H and O–H groups in total. The highest BCUT2D eigenvalue weighted by Crippen LogP contribution is 2.05. The Bertz CT molecular complexity index is 780. The second kappa shape index (κ2) is 5.72. The zero-order valence-corrected chi connectivity index (χ0v) is 11.5. The van der Waals surface area contributed by atoms with E-state index >= 15 is 0 Å². The summed E-state index contributed by atoms with van der Waals surface area (Å²) in [6.45, 7) is 1.49. The van der Waals surface area contributed by atoms with E-state index in [2.05, 4.69) is 9.88 Å². The molecule has 0 aliphatic heterocycles. The maximum absolute atomic E-state index is 12.3. The number of nitriles is 1. The van der Waals surface area contributed by atoms with Crippen LogP contribution < -0.4 is 11.1 Å². The predicted octanol–water partition coefficient (Wildman–Crippen LogP) is 0.513. The number of aromatic nitrogens is 2. The van der Waals surface area contributed by atoms with E-state index in [0.717, 1.165) is 13.0 Å². The third-order valence-electron chi connectivity index (χ3n) is 3.11. The normalized spacial score (nSPS) is 10.9. The van der Waals surface area contributed by atoms with Crippen LogP contribution in [0.3, 0.4) is 0 Å². The molecule has 104 valence electrons. The van der Waals surface area contributed by atoms with Crippen molar-refractivity contribution in [2.75, 3.05) is 20.6 Å². The largest absolute Gasteiger partial charge is 0.321 e. The first-order chi connectivity index (χ1) is 9.52. The van der Waals surface area contributed by atoms with Crippen LogP contribution in [0, 0.1) is 11.3 Å². The van der Waals surface area contributed by atoms with Crippen molar-refractivity contribution in [1.29, 1.82) is 5.26 Å². The molecule has 0 bridgehead atoms. The molecule has 0 aliphatic rings. The molecule has 0 aliphatic carbocycles. The van der Waals surface area contributed by atoms with Gasteiger partial charge >= 0.3 is 0 Å². The molecule has 2 rings (SSSR count). The molecule has 0 fully saturated rings. The Hall–Kier alpha value is -2.39. The first-order valence-electron chi connectivity index (χ1n) is 6.34. The number of hydrogen-bond acceptors (Lipinski definition) is 4. The lowest BCUT2D eigenvalue weighted by Crippen LogP contribution is -2.24. The van der Waals surface area contributed by atoms with Gasteiger partial charge in [0, 0.05) is 12.7 Å². The lowest BCUT2D eigenvalue weighted by molar-refractivity contribution is 0.385. The van der Waals surface area contributed by atoms with Gasteiger partial charge in [0.2, 0.25) is 0 Å². The Labute approximate surface area is 115 Å². The molecule has 0 saturated heterocycles. The van der Waals surface area contributed by atoms with Gasteiger partial charge in [0.25, 0.3) is 11.1 Å². The molecule has 0 aromatic carbocycles. The summed E-state index contributed by atoms with van der Waals surface area (Å²) in [5.41, 5.74) is -0.234. The van der Waals surface area contributed by atoms with E-state index in [-0.39, 0.29) is 11.1 Å². The fraction of sp³-hybridized carbons (Fsp3) is 0.357. The van der Waals surface area contributed by atoms with Gasteiger partial charge in [-0.2, -0.15) is 5.26 Å². The number of rotatable bonds is 4. The Balaban J connectivity index is 2.43. The quantitative estimate of drug-likeness (QED) is 0.879. The van der Waals surface area contributed by atoms with Gasteiger partial charge in [-0.3, -0.25) is 9.59 Å². The van der Waals surface area contributed by atoms with Crippen LogP contribution in [-0.4, -0.2) is 35.1 Å². The highest BCUT2D eigenvalue weighted by Gasteiger charge is 2.07. The zero-order chi connectivity index (χ0) is 14.7. The van der Waals surface area contributed by atoms with Crippen LogP contribution in [0.4, 0.5) is 0 Å². The van der Waals surface area contributed by atoms with Gasteiger partial charge in [-0.1, -0.05) is 0 Å². The molecule has 20 heavy (non-hydrogen) atoms. The highest BCUT2D eigenvalue weighted by atomic mass is 16.1. The minimum Gasteiger partial charge on any atom is -0.321 e. The molecule has 0 unspecified atom stereocenters. The molecule has 6 heteroatoms. The van der Waals surface area contributed by atoms with Gasteiger partial charge in [0.05, 0.1) is 10.9 Å². The summed E-state index contributed by atoms with van der Waals surface area (Å²) in [6, 6.07) is 4.84. The summed E-state index contributed by atoms with van der Waals surface area (Å²) in [5.74, 6) is 0. The van der Waals surface area contributed by atoms with Crippen molar-refractivity contribution in [1.82, 2.24) is 14.5 Å². The molecule has 0 spiro atoms. The van der Waals surface area contributed by atoms with E-state index in [1.165, 1.54) is 6.07 Å². The molecule has 0 atom stereocenters. The van der Waals surface area contributed by atoms with Crippen molar-refractivity contribution in [3.63, 3.8) is 0 Å². The topological polar surface area (TPSA) is 81.9 Å². The molecule has 0 radical (unpaired) electrons. The summed E-state index contributed by atoms with van der Waals surface area (Å²) in [7, 11) is 3.96. The van der Waals surface area contributed by atoms with E-state index in [9.17, 15) is 9.59 Å². The van der Waals surface area contributed by atoms with Crippen molar-refractivity contribution in [2.45, 2.75) is 13.0 Å². The van der Waals surface area contributed by atoms with Gasteiger partial charge in [-0.05, 0) is 39.2 Å². The maximum Gasteiger partial charge on any atom is 0.266 e. The van der Waals surface area contributed by atoms with Crippen LogP contribution >= 0.6 is 0 Å². The number of pyridine rings is 2. The zero-order valence-electron chi connectivity index (χ0n) is 11.5. The van der Waals surface area contributed by atoms with E-state index in [4.69, 9.17) is 5.26 Å². The average Bonchev–Trinajstić information content (AvgIpc) is 2.40. The summed E-state index contributed by atoms with van der Waals surface area (Å²) < 4.78 is 1.60. The van der Waals surface area contributed by atoms with Gasteiger partial charge in [0.1, 0.15) is 11.6 Å². The van der Waals surface area contributed by atoms with E-state index < -0.39 is 5.56 Å². The highest BCUT2D eigenvalue weighted by molar-refractivity contribution is 5.78. The minimum absolute atomic E-state index is 0.0411. The first-order valence-corrected chi connectivity index (χ1v) is 6.34. The number of nitrogens with zero attached hydrogens (tertiary/aromatic N) is 3. The van der Waals surface area contributed by atoms with Crippen LogP contribution in [0.25, 0.3) is 10.9 Å². The molecule has 2 aromatic heterocycles. The number of H-pyrrole nitrogens is 1. The van der Waals surface area contributed by atoms with Gasteiger partial charge in [0.15, 0.2) is 0 Å². The molecule has 6 nitrogen and oxygen atoms in total. The first kappa shape index (κ1) is 14.0. The number of aromatic amines is 1. The Kier molecular flexibility index (Phi) is 4.01. The summed E-state index contributed by atoms with van der Waals surface area (Å²) in [4.78, 5) is 28.4. The predicted molar refractivity (Wildman–Crippen MR) is 76.7 cm³/mol. The maximum atomic E-state index is 12.3. The van der Waals surface area contributed by atoms with Gasteiger partial charge in [-0.25, -0.2) is 0 Å². The standard InChI is InChI=1S/C14H16N4O2/c1-17(2)5-3-6-18-7-4-12-11(14(18)20)8-10(9-15)13(19)16-12/h4,7-8H,3,5-6H2,1-2H3,(H,16,19). The Morgan fingerprint density at radius 2 is 2.15 bits per heavy atom. The van der Waals surface area contributed by atoms with Crippen LogP contribution in [0.15, 0.2) is 27.9 Å². The molecule has 0 saturated carbocycles. The Morgan fingerprint density at radius 1 is 1.40 bits per heavy atom. The molecular formula is C14H16N4O2. The van der Waals surface area contributed by atoms with Crippen LogP contribution in [0.1, 0.15) is 12.0 Å². The second-order valence-electron chi connectivity index (χ2n) is 4.92. The molecular weight excluding hydrogens is 256 g/mol. The number of aryl methyl sites for hydroxylation is 1. The molecule has 0 amide bonds. The van der Waals surface area contributed by atoms with E-state index in [0.29, 0.717) is 17.4 Å². The van der Waals surface area contributed by atoms with Crippen molar-refractivity contribution in [2.24, 2.45) is 0 Å². The van der Waals surface area contributed by atoms with Crippen molar-refractivity contribution in [3.8, 4) is 6.07 Å². The molecule has 2 aromatic rings. The SMILES string of the molecule is CN(C)CCCn1ccc2[nH]c(=O)c(C#N)cc2c1=O. The smallest absolute Gasteiger partial charge is 0.266 e. The number of fused-ring (bicyclic) bond motifs is 1. The van der Waals surface area contributed by atoms with Crippen LogP contribution in [0.2, 0.25) is 0 Å². The van der Waals surface area contributed by atoms with Crippen molar-refractivity contribution >= 4 is 10.9 Å². The number of nitrogens with one attached hydrogen (secondary N) is 1. The van der Waals surface area contributed by atoms with Gasteiger partial charge < -0.3 is 14.5 Å². The lowest BCUT2D eigenvalue weighted by atomic mass is 10.2. The average molecular weight is 272 g/mol. The summed E-state index contributed by atoms with van der Waals surface area (Å²) in [5, 5.41) is 9.23. The minimum atomic E-state index is -0.468. The van der Waals surface area contributed by atoms with Crippen molar-refractivity contribution < 1.29 is 0 Å². The van der Waals surface area contributed by atoms with Gasteiger partial charge in [-0.15, -0.1) is 0 Å². The monoisotopic (exact) mass is 272 g/mol. The van der Waals surface area contributed by atoms with Crippen LogP contribution in [0.5, 0.6) is 0 Å². The summed E-state index contributed by atoms with van der Waals surface area (Å²) in [6.07, 6.45) is 2.52. The van der Waals surface area contributed by atoms with Crippen molar-refractivity contribution in [3.05, 3.63) is 44.6 Å². The second-order valence-corrected chi connectivity index (χ2v) is 4.92. The van der Waals surface area contributed by atoms with E-state index in [1.54, 1.807) is 22.9 Å². The Morgan fingerprint density at radius 3 is 2.80 bits per heavy atom. The fourth-order valence-corrected chi connectivity index (χ4v) is 2.06. The third-order valence-corrected chi connectivity index (χ3v) is 3.11. The summed E-state index contributed by atoms with van der Waals surface area (Å²) >= 11 is 0. The number of hydrogen-bond donors (Lipinski definition) is 1. The van der Waals surface area contributed by atoms with E-state index in [1.807, 2.05) is 14.1 Å². The lowest BCUT2D eigenvalue weighted by Gasteiger charge is -2.11. The fourth-order valence-electron chi connectivity index (χ4n) is 2.06. The van der Waals surface area contributed by atoms with Crippen LogP contribution in [-0.2, 0) is 6.54 Å². The third kappa shape index (κ3) is 2.78. The molecule has 2 heterocycles.